The maximum absolute atomic E-state index is 12.4. The summed E-state index contributed by atoms with van der Waals surface area (Å²) < 4.78 is 26.0. The first-order chi connectivity index (χ1) is 11.5. The molecule has 0 saturated heterocycles. The van der Waals surface area contributed by atoms with Gasteiger partial charge < -0.3 is 10.4 Å². The van der Waals surface area contributed by atoms with Crippen molar-refractivity contribution in [3.8, 4) is 0 Å². The summed E-state index contributed by atoms with van der Waals surface area (Å²) in [5, 5.41) is 11.7. The third kappa shape index (κ3) is 5.02. The second-order valence-electron chi connectivity index (χ2n) is 6.31. The third-order valence-electron chi connectivity index (χ3n) is 4.29. The Morgan fingerprint density at radius 1 is 1.16 bits per heavy atom. The molecule has 0 aromatic heterocycles. The molecular formula is C17H26N2O5S. The lowest BCUT2D eigenvalue weighted by Crippen LogP contribution is -2.45. The fraction of sp³-hybridized carbons (Fsp3) is 0.529. The molecule has 0 heterocycles. The lowest BCUT2D eigenvalue weighted by Gasteiger charge is -2.21. The summed E-state index contributed by atoms with van der Waals surface area (Å²) in [6.07, 6.45) is 0.607. The van der Waals surface area contributed by atoms with Crippen molar-refractivity contribution in [3.05, 3.63) is 29.8 Å². The lowest BCUT2D eigenvalue weighted by atomic mass is 9.99. The van der Waals surface area contributed by atoms with Crippen LogP contribution in [0.1, 0.15) is 44.5 Å². The fourth-order valence-electron chi connectivity index (χ4n) is 2.13. The summed E-state index contributed by atoms with van der Waals surface area (Å²) in [6.45, 7) is 7.12. The molecular weight excluding hydrogens is 344 g/mol. The number of carboxylic acid groups (broad SMARTS) is 1. The van der Waals surface area contributed by atoms with Crippen LogP contribution in [0.3, 0.4) is 0 Å². The van der Waals surface area contributed by atoms with E-state index < -0.39 is 27.9 Å². The van der Waals surface area contributed by atoms with Crippen molar-refractivity contribution in [1.29, 1.82) is 0 Å². The Balaban J connectivity index is 2.99. The van der Waals surface area contributed by atoms with Crippen molar-refractivity contribution in [3.63, 3.8) is 0 Å². The average Bonchev–Trinajstić information content (AvgIpc) is 2.57. The zero-order valence-corrected chi connectivity index (χ0v) is 16.0. The van der Waals surface area contributed by atoms with Gasteiger partial charge in [-0.2, -0.15) is 4.31 Å². The SMILES string of the molecule is CC[C@H](C)[C@@H](NC(=O)c1ccc(S(=O)(=O)N(C)C(C)C)cc1)C(=O)O. The van der Waals surface area contributed by atoms with Gasteiger partial charge in [0.05, 0.1) is 4.90 Å². The van der Waals surface area contributed by atoms with E-state index in [0.29, 0.717) is 6.42 Å². The number of benzene rings is 1. The highest BCUT2D eigenvalue weighted by molar-refractivity contribution is 7.89. The summed E-state index contributed by atoms with van der Waals surface area (Å²) >= 11 is 0. The number of nitrogens with one attached hydrogen (secondary N) is 1. The molecule has 25 heavy (non-hydrogen) atoms. The van der Waals surface area contributed by atoms with Gasteiger partial charge in [0.15, 0.2) is 0 Å². The van der Waals surface area contributed by atoms with Crippen LogP contribution in [0.15, 0.2) is 29.2 Å². The van der Waals surface area contributed by atoms with Gasteiger partial charge in [-0.05, 0) is 44.0 Å². The molecule has 1 aromatic rings. The Kier molecular flexibility index (Phi) is 7.13. The first kappa shape index (κ1) is 21.1. The highest BCUT2D eigenvalue weighted by atomic mass is 32.2. The topological polar surface area (TPSA) is 104 Å². The summed E-state index contributed by atoms with van der Waals surface area (Å²) in [6, 6.07) is 4.27. The van der Waals surface area contributed by atoms with E-state index in [1.807, 2.05) is 6.92 Å². The van der Waals surface area contributed by atoms with E-state index in [9.17, 15) is 23.1 Å². The molecule has 2 N–H and O–H groups in total. The highest BCUT2D eigenvalue weighted by Crippen LogP contribution is 2.17. The van der Waals surface area contributed by atoms with Gasteiger partial charge in [0, 0.05) is 18.7 Å². The molecule has 1 aromatic carbocycles. The van der Waals surface area contributed by atoms with E-state index in [0.717, 1.165) is 0 Å². The van der Waals surface area contributed by atoms with Crippen LogP contribution in [0.2, 0.25) is 0 Å². The Hall–Kier alpha value is -1.93. The van der Waals surface area contributed by atoms with Gasteiger partial charge in [-0.1, -0.05) is 20.3 Å². The van der Waals surface area contributed by atoms with Crippen molar-refractivity contribution in [2.75, 3.05) is 7.05 Å². The third-order valence-corrected chi connectivity index (χ3v) is 6.33. The van der Waals surface area contributed by atoms with Gasteiger partial charge in [0.25, 0.3) is 5.91 Å². The minimum absolute atomic E-state index is 0.0805. The summed E-state index contributed by atoms with van der Waals surface area (Å²) in [5.41, 5.74) is 0.209. The molecule has 1 rings (SSSR count). The number of carbonyl (C=O) groups is 2. The first-order valence-electron chi connectivity index (χ1n) is 8.14. The van der Waals surface area contributed by atoms with Crippen LogP contribution in [0.25, 0.3) is 0 Å². The number of sulfonamides is 1. The summed E-state index contributed by atoms with van der Waals surface area (Å²) in [4.78, 5) is 23.6. The minimum Gasteiger partial charge on any atom is -0.480 e. The zero-order valence-electron chi connectivity index (χ0n) is 15.2. The molecule has 0 saturated carbocycles. The molecule has 2 atom stereocenters. The number of hydrogen-bond acceptors (Lipinski definition) is 4. The molecule has 0 bridgehead atoms. The predicted octanol–water partition coefficient (Wildman–Crippen LogP) is 1.94. The van der Waals surface area contributed by atoms with Crippen LogP contribution in [0, 0.1) is 5.92 Å². The van der Waals surface area contributed by atoms with E-state index in [1.54, 1.807) is 20.8 Å². The van der Waals surface area contributed by atoms with Crippen molar-refractivity contribution in [1.82, 2.24) is 9.62 Å². The van der Waals surface area contributed by atoms with E-state index in [4.69, 9.17) is 0 Å². The van der Waals surface area contributed by atoms with Gasteiger partial charge in [-0.3, -0.25) is 4.79 Å². The molecule has 0 aliphatic carbocycles. The number of aliphatic carboxylic acids is 1. The number of rotatable bonds is 8. The van der Waals surface area contributed by atoms with Crippen LogP contribution in [-0.2, 0) is 14.8 Å². The summed E-state index contributed by atoms with van der Waals surface area (Å²) in [5.74, 6) is -1.87. The largest absolute Gasteiger partial charge is 0.480 e. The number of carboxylic acids is 1. The number of amides is 1. The Morgan fingerprint density at radius 2 is 1.68 bits per heavy atom. The monoisotopic (exact) mass is 370 g/mol. The zero-order chi connectivity index (χ0) is 19.4. The standard InChI is InChI=1S/C17H26N2O5S/c1-6-12(4)15(17(21)22)18-16(20)13-7-9-14(10-8-13)25(23,24)19(5)11(2)3/h7-12,15H,6H2,1-5H3,(H,18,20)(H,21,22)/t12-,15+/m0/s1. The average molecular weight is 370 g/mol. The minimum atomic E-state index is -3.63. The maximum atomic E-state index is 12.4. The smallest absolute Gasteiger partial charge is 0.326 e. The summed E-state index contributed by atoms with van der Waals surface area (Å²) in [7, 11) is -2.14. The maximum Gasteiger partial charge on any atom is 0.326 e. The Bertz CT molecular complexity index is 713. The van der Waals surface area contributed by atoms with Crippen LogP contribution in [-0.4, -0.2) is 48.8 Å². The van der Waals surface area contributed by atoms with Gasteiger partial charge in [0.2, 0.25) is 10.0 Å². The van der Waals surface area contributed by atoms with Crippen LogP contribution in [0.4, 0.5) is 0 Å². The molecule has 140 valence electrons. The predicted molar refractivity (Wildman–Crippen MR) is 94.9 cm³/mol. The van der Waals surface area contributed by atoms with Crippen LogP contribution >= 0.6 is 0 Å². The molecule has 0 spiro atoms. The lowest BCUT2D eigenvalue weighted by molar-refractivity contribution is -0.140. The quantitative estimate of drug-likeness (QED) is 0.728. The second-order valence-corrected chi connectivity index (χ2v) is 8.31. The molecule has 0 unspecified atom stereocenters. The molecule has 0 aliphatic heterocycles. The van der Waals surface area contributed by atoms with Crippen molar-refractivity contribution in [2.24, 2.45) is 5.92 Å². The fourth-order valence-corrected chi connectivity index (χ4v) is 3.50. The number of hydrogen-bond donors (Lipinski definition) is 2. The molecule has 1 amide bonds. The van der Waals surface area contributed by atoms with E-state index >= 15 is 0 Å². The van der Waals surface area contributed by atoms with E-state index in [2.05, 4.69) is 5.32 Å². The Morgan fingerprint density at radius 3 is 2.08 bits per heavy atom. The van der Waals surface area contributed by atoms with Crippen LogP contribution in [0.5, 0.6) is 0 Å². The van der Waals surface area contributed by atoms with Gasteiger partial charge in [-0.25, -0.2) is 13.2 Å². The van der Waals surface area contributed by atoms with Crippen molar-refractivity contribution in [2.45, 2.75) is 51.1 Å². The van der Waals surface area contributed by atoms with Crippen LogP contribution < -0.4 is 5.32 Å². The second kappa shape index (κ2) is 8.44. The van der Waals surface area contributed by atoms with Gasteiger partial charge >= 0.3 is 5.97 Å². The molecule has 7 nitrogen and oxygen atoms in total. The molecule has 0 aliphatic rings. The van der Waals surface area contributed by atoms with E-state index in [-0.39, 0.29) is 22.4 Å². The molecule has 8 heteroatoms. The normalized spacial score (nSPS) is 14.4. The van der Waals surface area contributed by atoms with Crippen molar-refractivity contribution >= 4 is 21.9 Å². The van der Waals surface area contributed by atoms with E-state index in [1.165, 1.54) is 35.6 Å². The van der Waals surface area contributed by atoms with Crippen molar-refractivity contribution < 1.29 is 23.1 Å². The Labute approximate surface area is 149 Å². The molecule has 0 fully saturated rings. The van der Waals surface area contributed by atoms with Gasteiger partial charge in [0.1, 0.15) is 6.04 Å². The molecule has 0 radical (unpaired) electrons. The number of nitrogens with zero attached hydrogens (tertiary/aromatic N) is 1. The number of carbonyl (C=O) groups excluding carboxylic acids is 1. The highest BCUT2D eigenvalue weighted by Gasteiger charge is 2.26. The first-order valence-corrected chi connectivity index (χ1v) is 9.58. The van der Waals surface area contributed by atoms with Gasteiger partial charge in [-0.15, -0.1) is 0 Å².